The third-order valence-corrected chi connectivity index (χ3v) is 4.21. The molecule has 2 unspecified atom stereocenters. The molecule has 22 heavy (non-hydrogen) atoms. The van der Waals surface area contributed by atoms with Gasteiger partial charge in [-0.1, -0.05) is 0 Å². The Balaban J connectivity index is 1.48. The first-order valence-electron chi connectivity index (χ1n) is 8.17. The molecular formula is C17H24N2O3. The molecule has 120 valence electrons. The second-order valence-corrected chi connectivity index (χ2v) is 5.99. The fourth-order valence-corrected chi connectivity index (χ4v) is 2.91. The van der Waals surface area contributed by atoms with Crippen LogP contribution >= 0.6 is 0 Å². The quantitative estimate of drug-likeness (QED) is 0.870. The SMILES string of the molecule is O=C(NC1CCCNC1)c1ccc(OCC2CCCO2)cc1. The Bertz CT molecular complexity index is 477. The third kappa shape index (κ3) is 4.21. The lowest BCUT2D eigenvalue weighted by Gasteiger charge is -2.23. The summed E-state index contributed by atoms with van der Waals surface area (Å²) in [6, 6.07) is 7.57. The van der Waals surface area contributed by atoms with Crippen LogP contribution in [-0.2, 0) is 4.74 Å². The van der Waals surface area contributed by atoms with Crippen LogP contribution in [-0.4, -0.2) is 44.4 Å². The van der Waals surface area contributed by atoms with Crippen LogP contribution in [0, 0.1) is 0 Å². The van der Waals surface area contributed by atoms with Crippen LogP contribution in [0.25, 0.3) is 0 Å². The molecule has 5 nitrogen and oxygen atoms in total. The predicted octanol–water partition coefficient (Wildman–Crippen LogP) is 1.73. The lowest BCUT2D eigenvalue weighted by Crippen LogP contribution is -2.45. The van der Waals surface area contributed by atoms with Gasteiger partial charge in [0, 0.05) is 24.8 Å². The van der Waals surface area contributed by atoms with E-state index in [2.05, 4.69) is 10.6 Å². The first kappa shape index (κ1) is 15.3. The van der Waals surface area contributed by atoms with Crippen LogP contribution in [0.4, 0.5) is 0 Å². The molecule has 0 spiro atoms. The summed E-state index contributed by atoms with van der Waals surface area (Å²) in [7, 11) is 0. The number of amides is 1. The van der Waals surface area contributed by atoms with E-state index >= 15 is 0 Å². The van der Waals surface area contributed by atoms with E-state index in [1.807, 2.05) is 24.3 Å². The average molecular weight is 304 g/mol. The van der Waals surface area contributed by atoms with Crippen LogP contribution in [0.1, 0.15) is 36.0 Å². The van der Waals surface area contributed by atoms with Crippen LogP contribution in [0.15, 0.2) is 24.3 Å². The number of benzene rings is 1. The standard InChI is InChI=1S/C17H24N2O3/c20-17(19-14-3-1-9-18-11-14)13-5-7-15(8-6-13)22-12-16-4-2-10-21-16/h5-8,14,16,18H,1-4,9-12H2,(H,19,20). The largest absolute Gasteiger partial charge is 0.491 e. The normalized spacial score (nSPS) is 24.9. The van der Waals surface area contributed by atoms with Crippen molar-refractivity contribution in [3.63, 3.8) is 0 Å². The van der Waals surface area contributed by atoms with E-state index in [-0.39, 0.29) is 18.1 Å². The number of hydrogen-bond acceptors (Lipinski definition) is 4. The molecule has 0 bridgehead atoms. The monoisotopic (exact) mass is 304 g/mol. The lowest BCUT2D eigenvalue weighted by atomic mass is 10.1. The number of rotatable bonds is 5. The number of carbonyl (C=O) groups excluding carboxylic acids is 1. The summed E-state index contributed by atoms with van der Waals surface area (Å²) in [5.41, 5.74) is 0.676. The molecule has 3 rings (SSSR count). The van der Waals surface area contributed by atoms with Gasteiger partial charge in [0.1, 0.15) is 12.4 Å². The van der Waals surface area contributed by atoms with Crippen LogP contribution in [0.5, 0.6) is 5.75 Å². The first-order chi connectivity index (χ1) is 10.8. The molecule has 1 aromatic rings. The summed E-state index contributed by atoms with van der Waals surface area (Å²) in [4.78, 5) is 12.2. The average Bonchev–Trinajstić information content (AvgIpc) is 3.08. The second-order valence-electron chi connectivity index (χ2n) is 5.99. The van der Waals surface area contributed by atoms with Crippen molar-refractivity contribution in [3.05, 3.63) is 29.8 Å². The highest BCUT2D eigenvalue weighted by Crippen LogP contribution is 2.16. The van der Waals surface area contributed by atoms with E-state index in [4.69, 9.17) is 9.47 Å². The van der Waals surface area contributed by atoms with Crippen molar-refractivity contribution in [1.29, 1.82) is 0 Å². The van der Waals surface area contributed by atoms with Crippen molar-refractivity contribution in [2.24, 2.45) is 0 Å². The van der Waals surface area contributed by atoms with Gasteiger partial charge in [0.2, 0.25) is 0 Å². The van der Waals surface area contributed by atoms with Gasteiger partial charge in [0.25, 0.3) is 5.91 Å². The zero-order valence-electron chi connectivity index (χ0n) is 12.8. The van der Waals surface area contributed by atoms with Gasteiger partial charge in [0.15, 0.2) is 0 Å². The van der Waals surface area contributed by atoms with E-state index in [0.717, 1.165) is 51.1 Å². The minimum atomic E-state index is -0.0145. The van der Waals surface area contributed by atoms with E-state index in [9.17, 15) is 4.79 Å². The minimum Gasteiger partial charge on any atom is -0.491 e. The maximum Gasteiger partial charge on any atom is 0.251 e. The molecule has 2 N–H and O–H groups in total. The summed E-state index contributed by atoms with van der Waals surface area (Å²) >= 11 is 0. The maximum atomic E-state index is 12.2. The van der Waals surface area contributed by atoms with Crippen molar-refractivity contribution in [3.8, 4) is 5.75 Å². The van der Waals surface area contributed by atoms with E-state index in [1.165, 1.54) is 0 Å². The van der Waals surface area contributed by atoms with Gasteiger partial charge in [-0.2, -0.15) is 0 Å². The third-order valence-electron chi connectivity index (χ3n) is 4.21. The van der Waals surface area contributed by atoms with Gasteiger partial charge in [0.05, 0.1) is 6.10 Å². The summed E-state index contributed by atoms with van der Waals surface area (Å²) in [5, 5.41) is 6.37. The van der Waals surface area contributed by atoms with Gasteiger partial charge in [-0.25, -0.2) is 0 Å². The smallest absolute Gasteiger partial charge is 0.251 e. The van der Waals surface area contributed by atoms with Crippen molar-refractivity contribution in [2.45, 2.75) is 37.8 Å². The molecule has 5 heteroatoms. The van der Waals surface area contributed by atoms with Gasteiger partial charge < -0.3 is 20.1 Å². The predicted molar refractivity (Wildman–Crippen MR) is 84.3 cm³/mol. The summed E-state index contributed by atoms with van der Waals surface area (Å²) in [6.45, 7) is 3.32. The van der Waals surface area contributed by atoms with Crippen molar-refractivity contribution in [1.82, 2.24) is 10.6 Å². The van der Waals surface area contributed by atoms with E-state index in [1.54, 1.807) is 0 Å². The molecule has 2 aliphatic rings. The molecule has 0 aliphatic carbocycles. The van der Waals surface area contributed by atoms with E-state index in [0.29, 0.717) is 12.2 Å². The summed E-state index contributed by atoms with van der Waals surface area (Å²) < 4.78 is 11.2. The number of carbonyl (C=O) groups is 1. The number of piperidine rings is 1. The van der Waals surface area contributed by atoms with Crippen molar-refractivity contribution >= 4 is 5.91 Å². The molecule has 2 aliphatic heterocycles. The van der Waals surface area contributed by atoms with E-state index < -0.39 is 0 Å². The van der Waals surface area contributed by atoms with Crippen molar-refractivity contribution in [2.75, 3.05) is 26.3 Å². The molecule has 2 saturated heterocycles. The van der Waals surface area contributed by atoms with Crippen LogP contribution in [0.3, 0.4) is 0 Å². The molecule has 0 saturated carbocycles. The highest BCUT2D eigenvalue weighted by molar-refractivity contribution is 5.94. The molecular weight excluding hydrogens is 280 g/mol. The zero-order chi connectivity index (χ0) is 15.2. The van der Waals surface area contributed by atoms with Crippen LogP contribution in [0.2, 0.25) is 0 Å². The maximum absolute atomic E-state index is 12.2. The highest BCUT2D eigenvalue weighted by atomic mass is 16.5. The molecule has 2 fully saturated rings. The van der Waals surface area contributed by atoms with Crippen LogP contribution < -0.4 is 15.4 Å². The minimum absolute atomic E-state index is 0.0145. The summed E-state index contributed by atoms with van der Waals surface area (Å²) in [5.74, 6) is 0.769. The van der Waals surface area contributed by atoms with Crippen molar-refractivity contribution < 1.29 is 14.3 Å². The molecule has 0 radical (unpaired) electrons. The van der Waals surface area contributed by atoms with Gasteiger partial charge in [-0.3, -0.25) is 4.79 Å². The topological polar surface area (TPSA) is 59.6 Å². The number of ether oxygens (including phenoxy) is 2. The lowest BCUT2D eigenvalue weighted by molar-refractivity contribution is 0.0679. The molecule has 0 aromatic heterocycles. The van der Waals surface area contributed by atoms with Gasteiger partial charge >= 0.3 is 0 Å². The Morgan fingerprint density at radius 3 is 2.82 bits per heavy atom. The Kier molecular flexibility index (Phi) is 5.29. The Morgan fingerprint density at radius 1 is 1.27 bits per heavy atom. The zero-order valence-corrected chi connectivity index (χ0v) is 12.8. The fourth-order valence-electron chi connectivity index (χ4n) is 2.91. The summed E-state index contributed by atoms with van der Waals surface area (Å²) in [6.07, 6.45) is 4.54. The first-order valence-corrected chi connectivity index (χ1v) is 8.17. The Hall–Kier alpha value is -1.59. The number of nitrogens with one attached hydrogen (secondary N) is 2. The molecule has 2 atom stereocenters. The molecule has 1 aromatic carbocycles. The Morgan fingerprint density at radius 2 is 2.14 bits per heavy atom. The Labute approximate surface area is 131 Å². The molecule has 2 heterocycles. The van der Waals surface area contributed by atoms with Gasteiger partial charge in [-0.15, -0.1) is 0 Å². The molecule has 1 amide bonds. The van der Waals surface area contributed by atoms with Gasteiger partial charge in [-0.05, 0) is 56.5 Å². The fraction of sp³-hybridized carbons (Fsp3) is 0.588. The highest BCUT2D eigenvalue weighted by Gasteiger charge is 2.17. The number of hydrogen-bond donors (Lipinski definition) is 2. The second kappa shape index (κ2) is 7.61.